The normalized spacial score (nSPS) is 12.8. The van der Waals surface area contributed by atoms with Crippen LogP contribution in [0.5, 0.6) is 0 Å². The molecule has 0 aromatic carbocycles. The highest BCUT2D eigenvalue weighted by Crippen LogP contribution is 2.23. The molecular formula is C11H20N4OS. The summed E-state index contributed by atoms with van der Waals surface area (Å²) in [5.41, 5.74) is 2.55. The number of thioether (sulfide) groups is 1. The van der Waals surface area contributed by atoms with Gasteiger partial charge in [-0.1, -0.05) is 20.8 Å². The van der Waals surface area contributed by atoms with Crippen molar-refractivity contribution in [3.8, 4) is 0 Å². The van der Waals surface area contributed by atoms with Crippen LogP contribution >= 0.6 is 11.8 Å². The number of nitrogens with one attached hydrogen (secondary N) is 1. The maximum absolute atomic E-state index is 8.98. The van der Waals surface area contributed by atoms with E-state index in [2.05, 4.69) is 15.4 Å². The molecule has 1 rings (SSSR count). The summed E-state index contributed by atoms with van der Waals surface area (Å²) in [5, 5.41) is 9.86. The smallest absolute Gasteiger partial charge is 0.144 e. The molecule has 0 aliphatic carbocycles. The Hall–Kier alpha value is -0.850. The van der Waals surface area contributed by atoms with Crippen molar-refractivity contribution in [2.24, 2.45) is 11.8 Å². The van der Waals surface area contributed by atoms with E-state index in [1.54, 1.807) is 11.8 Å². The molecule has 0 radical (unpaired) electrons. The molecule has 0 aliphatic rings. The number of nitrogens with two attached hydrogens (primary N) is 1. The van der Waals surface area contributed by atoms with Gasteiger partial charge in [-0.15, -0.1) is 11.8 Å². The number of hydrazine groups is 1. The van der Waals surface area contributed by atoms with Crippen LogP contribution in [0.1, 0.15) is 32.5 Å². The summed E-state index contributed by atoms with van der Waals surface area (Å²) in [6.45, 7) is 6.28. The Balaban J connectivity index is 2.80. The van der Waals surface area contributed by atoms with Crippen LogP contribution in [0.3, 0.4) is 0 Å². The zero-order chi connectivity index (χ0) is 12.8. The number of nitrogen functional groups attached to an aromatic ring is 1. The SMILES string of the molecule is CC(CO)CSc1cc(NN)nc(C(C)C)n1. The van der Waals surface area contributed by atoms with E-state index in [0.717, 1.165) is 16.6 Å². The molecule has 0 spiro atoms. The van der Waals surface area contributed by atoms with Crippen molar-refractivity contribution in [1.29, 1.82) is 0 Å². The number of aromatic nitrogens is 2. The number of hydrogen-bond donors (Lipinski definition) is 3. The molecule has 96 valence electrons. The molecule has 17 heavy (non-hydrogen) atoms. The lowest BCUT2D eigenvalue weighted by atomic mass is 10.2. The lowest BCUT2D eigenvalue weighted by Crippen LogP contribution is -2.11. The molecule has 5 nitrogen and oxygen atoms in total. The molecule has 1 aromatic heterocycles. The Labute approximate surface area is 106 Å². The third kappa shape index (κ3) is 4.49. The van der Waals surface area contributed by atoms with E-state index in [9.17, 15) is 0 Å². The Morgan fingerprint density at radius 1 is 1.41 bits per heavy atom. The van der Waals surface area contributed by atoms with Crippen molar-refractivity contribution >= 4 is 17.6 Å². The van der Waals surface area contributed by atoms with Crippen LogP contribution in [0.15, 0.2) is 11.1 Å². The fourth-order valence-corrected chi connectivity index (χ4v) is 2.04. The van der Waals surface area contributed by atoms with E-state index in [4.69, 9.17) is 10.9 Å². The van der Waals surface area contributed by atoms with Crippen molar-refractivity contribution in [1.82, 2.24) is 9.97 Å². The Kier molecular flexibility index (Phi) is 5.67. The molecule has 6 heteroatoms. The van der Waals surface area contributed by atoms with Gasteiger partial charge in [-0.25, -0.2) is 15.8 Å². The number of rotatable bonds is 6. The molecule has 0 saturated carbocycles. The highest BCUT2D eigenvalue weighted by Gasteiger charge is 2.09. The minimum absolute atomic E-state index is 0.192. The van der Waals surface area contributed by atoms with E-state index in [1.807, 2.05) is 26.8 Å². The van der Waals surface area contributed by atoms with Gasteiger partial charge in [-0.05, 0) is 5.92 Å². The molecule has 0 aliphatic heterocycles. The van der Waals surface area contributed by atoms with Crippen molar-refractivity contribution < 1.29 is 5.11 Å². The van der Waals surface area contributed by atoms with E-state index in [1.165, 1.54) is 0 Å². The summed E-state index contributed by atoms with van der Waals surface area (Å²) < 4.78 is 0. The van der Waals surface area contributed by atoms with Gasteiger partial charge in [0.25, 0.3) is 0 Å². The van der Waals surface area contributed by atoms with Gasteiger partial charge in [-0.3, -0.25) is 0 Å². The third-order valence-electron chi connectivity index (χ3n) is 2.21. The minimum atomic E-state index is 0.192. The van der Waals surface area contributed by atoms with E-state index >= 15 is 0 Å². The topological polar surface area (TPSA) is 84.1 Å². The standard InChI is InChI=1S/C11H20N4OS/c1-7(2)11-13-9(15-12)4-10(14-11)17-6-8(3)5-16/h4,7-8,16H,5-6,12H2,1-3H3,(H,13,14,15). The van der Waals surface area contributed by atoms with Crippen LogP contribution in [0.4, 0.5) is 5.82 Å². The molecule has 0 amide bonds. The van der Waals surface area contributed by atoms with Gasteiger partial charge in [0.1, 0.15) is 16.7 Å². The first-order chi connectivity index (χ1) is 8.06. The summed E-state index contributed by atoms with van der Waals surface area (Å²) in [7, 11) is 0. The fraction of sp³-hybridized carbons (Fsp3) is 0.636. The first kappa shape index (κ1) is 14.2. The third-order valence-corrected chi connectivity index (χ3v) is 3.45. The average Bonchev–Trinajstić information content (AvgIpc) is 2.35. The summed E-state index contributed by atoms with van der Waals surface area (Å²) in [5.74, 6) is 8.13. The quantitative estimate of drug-likeness (QED) is 0.310. The van der Waals surface area contributed by atoms with Gasteiger partial charge in [0.05, 0.1) is 0 Å². The number of aliphatic hydroxyl groups excluding tert-OH is 1. The first-order valence-corrected chi connectivity index (χ1v) is 6.64. The predicted molar refractivity (Wildman–Crippen MR) is 70.9 cm³/mol. The molecule has 1 unspecified atom stereocenters. The lowest BCUT2D eigenvalue weighted by molar-refractivity contribution is 0.250. The Morgan fingerprint density at radius 3 is 2.65 bits per heavy atom. The zero-order valence-corrected chi connectivity index (χ0v) is 11.3. The zero-order valence-electron chi connectivity index (χ0n) is 10.5. The van der Waals surface area contributed by atoms with Gasteiger partial charge in [0, 0.05) is 24.3 Å². The monoisotopic (exact) mass is 256 g/mol. The largest absolute Gasteiger partial charge is 0.396 e. The summed E-state index contributed by atoms with van der Waals surface area (Å²) >= 11 is 1.61. The van der Waals surface area contributed by atoms with Crippen LogP contribution in [-0.2, 0) is 0 Å². The Bertz CT molecular complexity index is 359. The van der Waals surface area contributed by atoms with Gasteiger partial charge in [-0.2, -0.15) is 0 Å². The van der Waals surface area contributed by atoms with Gasteiger partial charge in [0.2, 0.25) is 0 Å². The molecule has 1 aromatic rings. The number of nitrogens with zero attached hydrogens (tertiary/aromatic N) is 2. The van der Waals surface area contributed by atoms with Crippen LogP contribution in [0, 0.1) is 5.92 Å². The molecule has 0 bridgehead atoms. The van der Waals surface area contributed by atoms with Crippen LogP contribution < -0.4 is 11.3 Å². The number of hydrogen-bond acceptors (Lipinski definition) is 6. The van der Waals surface area contributed by atoms with Crippen molar-refractivity contribution in [2.75, 3.05) is 17.8 Å². The second-order valence-corrected chi connectivity index (χ2v) is 5.39. The molecule has 1 heterocycles. The second kappa shape index (κ2) is 6.78. The number of anilines is 1. The van der Waals surface area contributed by atoms with Crippen LogP contribution in [0.25, 0.3) is 0 Å². The van der Waals surface area contributed by atoms with Crippen molar-refractivity contribution in [2.45, 2.75) is 31.7 Å². The minimum Gasteiger partial charge on any atom is -0.396 e. The molecule has 4 N–H and O–H groups in total. The Morgan fingerprint density at radius 2 is 2.12 bits per heavy atom. The average molecular weight is 256 g/mol. The van der Waals surface area contributed by atoms with E-state index < -0.39 is 0 Å². The van der Waals surface area contributed by atoms with Gasteiger partial charge in [0.15, 0.2) is 0 Å². The van der Waals surface area contributed by atoms with E-state index in [-0.39, 0.29) is 18.4 Å². The lowest BCUT2D eigenvalue weighted by Gasteiger charge is -2.11. The van der Waals surface area contributed by atoms with Crippen molar-refractivity contribution in [3.05, 3.63) is 11.9 Å². The van der Waals surface area contributed by atoms with E-state index in [0.29, 0.717) is 5.82 Å². The maximum atomic E-state index is 8.98. The maximum Gasteiger partial charge on any atom is 0.144 e. The summed E-state index contributed by atoms with van der Waals surface area (Å²) in [6.07, 6.45) is 0. The highest BCUT2D eigenvalue weighted by molar-refractivity contribution is 7.99. The van der Waals surface area contributed by atoms with Gasteiger partial charge < -0.3 is 10.5 Å². The first-order valence-electron chi connectivity index (χ1n) is 5.66. The molecule has 1 atom stereocenters. The van der Waals surface area contributed by atoms with Gasteiger partial charge >= 0.3 is 0 Å². The van der Waals surface area contributed by atoms with Crippen LogP contribution in [-0.4, -0.2) is 27.4 Å². The van der Waals surface area contributed by atoms with Crippen molar-refractivity contribution in [3.63, 3.8) is 0 Å². The molecular weight excluding hydrogens is 236 g/mol. The fourth-order valence-electron chi connectivity index (χ4n) is 1.13. The summed E-state index contributed by atoms with van der Waals surface area (Å²) in [6, 6.07) is 1.82. The molecule has 0 saturated heterocycles. The summed E-state index contributed by atoms with van der Waals surface area (Å²) in [4.78, 5) is 8.75. The highest BCUT2D eigenvalue weighted by atomic mass is 32.2. The predicted octanol–water partition coefficient (Wildman–Crippen LogP) is 1.61. The molecule has 0 fully saturated rings. The second-order valence-electron chi connectivity index (χ2n) is 4.35. The van der Waals surface area contributed by atoms with Crippen LogP contribution in [0.2, 0.25) is 0 Å². The number of aliphatic hydroxyl groups is 1.